The van der Waals surface area contributed by atoms with Crippen LogP contribution in [0.1, 0.15) is 32.6 Å². The summed E-state index contributed by atoms with van der Waals surface area (Å²) >= 11 is 0. The molecule has 0 aliphatic heterocycles. The smallest absolute Gasteiger partial charge is 0.0928 e. The Bertz CT molecular complexity index is 219. The van der Waals surface area contributed by atoms with E-state index in [0.717, 1.165) is 18.4 Å². The van der Waals surface area contributed by atoms with Gasteiger partial charge in [0, 0.05) is 0 Å². The molecule has 0 aliphatic rings. The first kappa shape index (κ1) is 14.1. The van der Waals surface area contributed by atoms with Crippen molar-refractivity contribution in [3.8, 4) is 0 Å². The Kier molecular flexibility index (Phi) is 9.08. The second kappa shape index (κ2) is 9.66. The van der Waals surface area contributed by atoms with Crippen LogP contribution in [0.2, 0.25) is 0 Å². The van der Waals surface area contributed by atoms with Crippen LogP contribution in [0.15, 0.2) is 36.5 Å². The van der Waals surface area contributed by atoms with Crippen LogP contribution in [-0.4, -0.2) is 17.9 Å². The molecule has 1 atom stereocenters. The van der Waals surface area contributed by atoms with Gasteiger partial charge in [0.05, 0.1) is 12.8 Å². The Balaban J connectivity index is 4.16. The maximum absolute atomic E-state index is 11.9. The first-order valence-corrected chi connectivity index (χ1v) is 5.46. The second-order valence-electron chi connectivity index (χ2n) is 3.50. The average molecular weight is 212 g/mol. The number of alkyl halides is 1. The van der Waals surface area contributed by atoms with E-state index in [-0.39, 0.29) is 12.8 Å². The van der Waals surface area contributed by atoms with E-state index in [9.17, 15) is 9.50 Å². The zero-order chi connectivity index (χ0) is 11.5. The molecule has 1 N–H and O–H groups in total. The Labute approximate surface area is 92.0 Å². The monoisotopic (exact) mass is 212 g/mol. The molecule has 0 amide bonds. The molecule has 0 spiro atoms. The minimum atomic E-state index is -0.338. The molecule has 0 saturated heterocycles. The van der Waals surface area contributed by atoms with E-state index in [2.05, 4.69) is 6.58 Å². The van der Waals surface area contributed by atoms with E-state index in [1.54, 1.807) is 12.2 Å². The average Bonchev–Trinajstić information content (AvgIpc) is 2.18. The summed E-state index contributed by atoms with van der Waals surface area (Å²) in [5.74, 6) is 0. The zero-order valence-corrected chi connectivity index (χ0v) is 9.45. The van der Waals surface area contributed by atoms with Crippen molar-refractivity contribution < 1.29 is 9.50 Å². The third-order valence-corrected chi connectivity index (χ3v) is 2.03. The van der Waals surface area contributed by atoms with Crippen LogP contribution in [0.5, 0.6) is 0 Å². The summed E-state index contributed by atoms with van der Waals surface area (Å²) in [6.07, 6.45) is 9.69. The van der Waals surface area contributed by atoms with Crippen molar-refractivity contribution in [2.24, 2.45) is 0 Å². The highest BCUT2D eigenvalue weighted by atomic mass is 19.1. The molecule has 86 valence electrons. The van der Waals surface area contributed by atoms with E-state index < -0.39 is 0 Å². The normalized spacial score (nSPS) is 14.5. The van der Waals surface area contributed by atoms with E-state index in [1.807, 2.05) is 19.1 Å². The van der Waals surface area contributed by atoms with Crippen LogP contribution in [0.4, 0.5) is 4.39 Å². The van der Waals surface area contributed by atoms with Crippen LogP contribution in [0.3, 0.4) is 0 Å². The molecule has 0 bridgehead atoms. The van der Waals surface area contributed by atoms with Gasteiger partial charge in [0.15, 0.2) is 0 Å². The number of rotatable bonds is 8. The van der Waals surface area contributed by atoms with E-state index in [4.69, 9.17) is 0 Å². The van der Waals surface area contributed by atoms with Crippen LogP contribution >= 0.6 is 0 Å². The number of aliphatic hydroxyl groups excluding tert-OH is 1. The molecule has 0 aromatic heterocycles. The van der Waals surface area contributed by atoms with E-state index in [1.165, 1.54) is 0 Å². The Morgan fingerprint density at radius 3 is 2.80 bits per heavy atom. The first-order valence-electron chi connectivity index (χ1n) is 5.46. The third kappa shape index (κ3) is 8.13. The summed E-state index contributed by atoms with van der Waals surface area (Å²) < 4.78 is 11.9. The van der Waals surface area contributed by atoms with Gasteiger partial charge in [0.2, 0.25) is 0 Å². The molecule has 15 heavy (non-hydrogen) atoms. The molecule has 0 aliphatic carbocycles. The van der Waals surface area contributed by atoms with Crippen molar-refractivity contribution >= 4 is 0 Å². The fourth-order valence-electron chi connectivity index (χ4n) is 1.35. The van der Waals surface area contributed by atoms with Crippen molar-refractivity contribution in [3.05, 3.63) is 36.5 Å². The fraction of sp³-hybridized carbons (Fsp3) is 0.538. The van der Waals surface area contributed by atoms with Crippen molar-refractivity contribution in [2.45, 2.75) is 38.7 Å². The first-order chi connectivity index (χ1) is 7.24. The predicted octanol–water partition coefficient (Wildman–Crippen LogP) is 3.57. The standard InChI is InChI=1S/C13H21FO/c1-3-7-12(9-5-6-10-14)11-13(15)8-4-2/h3,5,7,9,13,15H,1,4,6,8,10-11H2,2H3/b9-5-,12-7+. The van der Waals surface area contributed by atoms with Crippen molar-refractivity contribution in [1.82, 2.24) is 0 Å². The van der Waals surface area contributed by atoms with Gasteiger partial charge in [-0.15, -0.1) is 0 Å². The minimum Gasteiger partial charge on any atom is -0.393 e. The molecule has 0 rings (SSSR count). The van der Waals surface area contributed by atoms with Gasteiger partial charge in [-0.05, 0) is 24.8 Å². The third-order valence-electron chi connectivity index (χ3n) is 2.03. The summed E-state index contributed by atoms with van der Waals surface area (Å²) in [5.41, 5.74) is 0.999. The van der Waals surface area contributed by atoms with Crippen molar-refractivity contribution in [3.63, 3.8) is 0 Å². The highest BCUT2D eigenvalue weighted by Crippen LogP contribution is 2.12. The van der Waals surface area contributed by atoms with Gasteiger partial charge in [-0.1, -0.05) is 44.2 Å². The summed E-state index contributed by atoms with van der Waals surface area (Å²) in [6.45, 7) is 5.32. The number of aliphatic hydroxyl groups is 1. The summed E-state index contributed by atoms with van der Waals surface area (Å²) in [4.78, 5) is 0. The molecule has 0 fully saturated rings. The highest BCUT2D eigenvalue weighted by Gasteiger charge is 2.03. The number of halogens is 1. The molecule has 0 aromatic carbocycles. The van der Waals surface area contributed by atoms with Gasteiger partial charge in [-0.25, -0.2) is 0 Å². The van der Waals surface area contributed by atoms with Gasteiger partial charge < -0.3 is 5.11 Å². The van der Waals surface area contributed by atoms with E-state index >= 15 is 0 Å². The lowest BCUT2D eigenvalue weighted by molar-refractivity contribution is 0.164. The van der Waals surface area contributed by atoms with Crippen molar-refractivity contribution in [2.75, 3.05) is 6.67 Å². The van der Waals surface area contributed by atoms with Crippen LogP contribution in [-0.2, 0) is 0 Å². The van der Waals surface area contributed by atoms with Crippen LogP contribution in [0.25, 0.3) is 0 Å². The quantitative estimate of drug-likeness (QED) is 0.610. The predicted molar refractivity (Wildman–Crippen MR) is 63.5 cm³/mol. The number of hydrogen-bond acceptors (Lipinski definition) is 1. The molecular weight excluding hydrogens is 191 g/mol. The maximum Gasteiger partial charge on any atom is 0.0928 e. The van der Waals surface area contributed by atoms with Gasteiger partial charge in [0.25, 0.3) is 0 Å². The zero-order valence-electron chi connectivity index (χ0n) is 9.45. The van der Waals surface area contributed by atoms with E-state index in [0.29, 0.717) is 12.8 Å². The molecule has 0 saturated carbocycles. The highest BCUT2D eigenvalue weighted by molar-refractivity contribution is 5.23. The largest absolute Gasteiger partial charge is 0.393 e. The molecule has 1 nitrogen and oxygen atoms in total. The Morgan fingerprint density at radius 2 is 2.27 bits per heavy atom. The molecule has 0 radical (unpaired) electrons. The lowest BCUT2D eigenvalue weighted by Gasteiger charge is -2.09. The summed E-state index contributed by atoms with van der Waals surface area (Å²) in [6, 6.07) is 0. The van der Waals surface area contributed by atoms with Gasteiger partial charge >= 0.3 is 0 Å². The summed E-state index contributed by atoms with van der Waals surface area (Å²) in [5, 5.41) is 9.62. The molecule has 2 heteroatoms. The number of allylic oxidation sites excluding steroid dienone is 4. The Morgan fingerprint density at radius 1 is 1.53 bits per heavy atom. The molecule has 0 heterocycles. The topological polar surface area (TPSA) is 20.2 Å². The van der Waals surface area contributed by atoms with Gasteiger partial charge in [-0.3, -0.25) is 4.39 Å². The van der Waals surface area contributed by atoms with Gasteiger partial charge in [0.1, 0.15) is 0 Å². The van der Waals surface area contributed by atoms with Crippen LogP contribution in [0, 0.1) is 0 Å². The lowest BCUT2D eigenvalue weighted by Crippen LogP contribution is -2.06. The summed E-state index contributed by atoms with van der Waals surface area (Å²) in [7, 11) is 0. The van der Waals surface area contributed by atoms with Gasteiger partial charge in [-0.2, -0.15) is 0 Å². The molecular formula is C13H21FO. The SMILES string of the molecule is C=C/C=C(\C=C/CCF)CC(O)CCC. The fourth-order valence-corrected chi connectivity index (χ4v) is 1.35. The minimum absolute atomic E-state index is 0.309. The lowest BCUT2D eigenvalue weighted by atomic mass is 10.0. The van der Waals surface area contributed by atoms with Crippen molar-refractivity contribution in [1.29, 1.82) is 0 Å². The Hall–Kier alpha value is -0.890. The van der Waals surface area contributed by atoms with Crippen LogP contribution < -0.4 is 0 Å². The maximum atomic E-state index is 11.9. The molecule has 1 unspecified atom stereocenters. The number of hydrogen-bond donors (Lipinski definition) is 1. The second-order valence-corrected chi connectivity index (χ2v) is 3.50. The molecule has 0 aromatic rings.